The topological polar surface area (TPSA) is 57.6 Å². The fraction of sp³-hybridized carbons (Fsp3) is 0.455. The molecule has 0 atom stereocenters. The lowest BCUT2D eigenvalue weighted by Gasteiger charge is -2.14. The predicted octanol–water partition coefficient (Wildman–Crippen LogP) is 2.16. The molecule has 4 nitrogen and oxygen atoms in total. The molecule has 17 heavy (non-hydrogen) atoms. The summed E-state index contributed by atoms with van der Waals surface area (Å²) >= 11 is 3.05. The SMILES string of the molecule is O=C(O)c1csc(SCCN2CCCC2=O)c1. The first-order valence-corrected chi connectivity index (χ1v) is 7.26. The number of thiophene rings is 1. The number of carboxylic acids is 1. The van der Waals surface area contributed by atoms with E-state index in [0.717, 1.165) is 29.5 Å². The molecule has 1 aliphatic rings. The zero-order valence-electron chi connectivity index (χ0n) is 9.22. The maximum Gasteiger partial charge on any atom is 0.336 e. The fourth-order valence-electron chi connectivity index (χ4n) is 1.70. The van der Waals surface area contributed by atoms with Crippen LogP contribution in [0.1, 0.15) is 23.2 Å². The third-order valence-electron chi connectivity index (χ3n) is 2.60. The second-order valence-corrected chi connectivity index (χ2v) is 6.10. The van der Waals surface area contributed by atoms with Crippen molar-refractivity contribution >= 4 is 35.0 Å². The summed E-state index contributed by atoms with van der Waals surface area (Å²) in [6.45, 7) is 1.62. The Morgan fingerprint density at radius 1 is 1.59 bits per heavy atom. The highest BCUT2D eigenvalue weighted by Gasteiger charge is 2.19. The van der Waals surface area contributed by atoms with E-state index in [1.165, 1.54) is 11.3 Å². The van der Waals surface area contributed by atoms with Gasteiger partial charge in [-0.3, -0.25) is 4.79 Å². The molecule has 0 aromatic carbocycles. The van der Waals surface area contributed by atoms with Crippen LogP contribution in [0.3, 0.4) is 0 Å². The van der Waals surface area contributed by atoms with Crippen molar-refractivity contribution in [3.05, 3.63) is 17.0 Å². The summed E-state index contributed by atoms with van der Waals surface area (Å²) in [5, 5.41) is 10.4. The molecule has 92 valence electrons. The minimum absolute atomic E-state index is 0.239. The van der Waals surface area contributed by atoms with E-state index in [0.29, 0.717) is 12.0 Å². The van der Waals surface area contributed by atoms with Gasteiger partial charge in [0.15, 0.2) is 0 Å². The molecule has 0 spiro atoms. The van der Waals surface area contributed by atoms with Gasteiger partial charge in [0.2, 0.25) is 5.91 Å². The Labute approximate surface area is 108 Å². The van der Waals surface area contributed by atoms with Crippen LogP contribution in [0.2, 0.25) is 0 Å². The maximum absolute atomic E-state index is 11.4. The van der Waals surface area contributed by atoms with Crippen LogP contribution in [0.4, 0.5) is 0 Å². The van der Waals surface area contributed by atoms with Gasteiger partial charge < -0.3 is 10.0 Å². The Morgan fingerprint density at radius 2 is 2.41 bits per heavy atom. The van der Waals surface area contributed by atoms with E-state index in [1.54, 1.807) is 23.2 Å². The second kappa shape index (κ2) is 5.55. The van der Waals surface area contributed by atoms with E-state index < -0.39 is 5.97 Å². The number of carbonyl (C=O) groups excluding carboxylic acids is 1. The summed E-state index contributed by atoms with van der Waals surface area (Å²) in [6.07, 6.45) is 1.64. The molecule has 0 unspecified atom stereocenters. The minimum Gasteiger partial charge on any atom is -0.478 e. The van der Waals surface area contributed by atoms with Crippen LogP contribution >= 0.6 is 23.1 Å². The van der Waals surface area contributed by atoms with Crippen molar-refractivity contribution < 1.29 is 14.7 Å². The molecule has 1 aromatic heterocycles. The Hall–Kier alpha value is -1.01. The lowest BCUT2D eigenvalue weighted by Crippen LogP contribution is -2.26. The Bertz CT molecular complexity index is 430. The molecule has 6 heteroatoms. The first kappa shape index (κ1) is 12.4. The summed E-state index contributed by atoms with van der Waals surface area (Å²) < 4.78 is 0.994. The Balaban J connectivity index is 1.77. The predicted molar refractivity (Wildman–Crippen MR) is 67.8 cm³/mol. The van der Waals surface area contributed by atoms with E-state index in [2.05, 4.69) is 0 Å². The molecule has 2 heterocycles. The van der Waals surface area contributed by atoms with Crippen LogP contribution in [0.25, 0.3) is 0 Å². The zero-order valence-corrected chi connectivity index (χ0v) is 10.9. The van der Waals surface area contributed by atoms with Gasteiger partial charge >= 0.3 is 5.97 Å². The van der Waals surface area contributed by atoms with Crippen molar-refractivity contribution in [3.63, 3.8) is 0 Å². The highest BCUT2D eigenvalue weighted by Crippen LogP contribution is 2.26. The molecule has 1 N–H and O–H groups in total. The maximum atomic E-state index is 11.4. The van der Waals surface area contributed by atoms with E-state index in [4.69, 9.17) is 5.11 Å². The number of nitrogens with zero attached hydrogens (tertiary/aromatic N) is 1. The molecule has 0 bridgehead atoms. The van der Waals surface area contributed by atoms with Gasteiger partial charge in [-0.1, -0.05) is 0 Å². The average molecular weight is 271 g/mol. The van der Waals surface area contributed by atoms with Gasteiger partial charge in [0, 0.05) is 30.6 Å². The van der Waals surface area contributed by atoms with Crippen molar-refractivity contribution in [1.82, 2.24) is 4.90 Å². The Kier molecular flexibility index (Phi) is 4.06. The van der Waals surface area contributed by atoms with Crippen molar-refractivity contribution in [1.29, 1.82) is 0 Å². The quantitative estimate of drug-likeness (QED) is 0.834. The summed E-state index contributed by atoms with van der Waals surface area (Å²) in [7, 11) is 0. The highest BCUT2D eigenvalue weighted by atomic mass is 32.2. The fourth-order valence-corrected chi connectivity index (χ4v) is 3.70. The van der Waals surface area contributed by atoms with Crippen molar-refractivity contribution in [2.24, 2.45) is 0 Å². The minimum atomic E-state index is -0.886. The van der Waals surface area contributed by atoms with Gasteiger partial charge in [0.1, 0.15) is 0 Å². The number of amides is 1. The molecule has 1 amide bonds. The van der Waals surface area contributed by atoms with Gasteiger partial charge in [0.25, 0.3) is 0 Å². The summed E-state index contributed by atoms with van der Waals surface area (Å²) in [5.41, 5.74) is 0.342. The van der Waals surface area contributed by atoms with Gasteiger partial charge in [-0.2, -0.15) is 0 Å². The number of hydrogen-bond acceptors (Lipinski definition) is 4. The van der Waals surface area contributed by atoms with Gasteiger partial charge in [-0.15, -0.1) is 23.1 Å². The Morgan fingerprint density at radius 3 is 3.00 bits per heavy atom. The molecule has 2 rings (SSSR count). The molecule has 1 aromatic rings. The van der Waals surface area contributed by atoms with Crippen molar-refractivity contribution in [3.8, 4) is 0 Å². The lowest BCUT2D eigenvalue weighted by molar-refractivity contribution is -0.127. The van der Waals surface area contributed by atoms with Crippen LogP contribution in [0.15, 0.2) is 15.7 Å². The standard InChI is InChI=1S/C11H13NO3S2/c13-9-2-1-3-12(9)4-5-16-10-6-8(7-17-10)11(14)15/h6-7H,1-5H2,(H,14,15). The third-order valence-corrected chi connectivity index (χ3v) is 4.75. The largest absolute Gasteiger partial charge is 0.478 e. The van der Waals surface area contributed by atoms with Crippen molar-refractivity contribution in [2.45, 2.75) is 17.1 Å². The zero-order chi connectivity index (χ0) is 12.3. The molecule has 0 radical (unpaired) electrons. The number of carbonyl (C=O) groups is 2. The van der Waals surface area contributed by atoms with Gasteiger partial charge in [0.05, 0.1) is 9.77 Å². The number of hydrogen-bond donors (Lipinski definition) is 1. The number of thioether (sulfide) groups is 1. The monoisotopic (exact) mass is 271 g/mol. The normalized spacial score (nSPS) is 15.5. The molecular weight excluding hydrogens is 258 g/mol. The number of likely N-dealkylation sites (tertiary alicyclic amines) is 1. The second-order valence-electron chi connectivity index (χ2n) is 3.79. The number of carboxylic acid groups (broad SMARTS) is 1. The molecule has 0 aliphatic carbocycles. The first-order chi connectivity index (χ1) is 8.16. The van der Waals surface area contributed by atoms with E-state index in [9.17, 15) is 9.59 Å². The van der Waals surface area contributed by atoms with E-state index in [1.807, 2.05) is 4.90 Å². The lowest BCUT2D eigenvalue weighted by atomic mass is 10.4. The van der Waals surface area contributed by atoms with Crippen LogP contribution in [0, 0.1) is 0 Å². The number of rotatable bonds is 5. The molecule has 1 aliphatic heterocycles. The van der Waals surface area contributed by atoms with Crippen LogP contribution in [-0.2, 0) is 4.79 Å². The molecule has 1 fully saturated rings. The van der Waals surface area contributed by atoms with Crippen LogP contribution < -0.4 is 0 Å². The first-order valence-electron chi connectivity index (χ1n) is 5.39. The number of aromatic carboxylic acids is 1. The van der Waals surface area contributed by atoms with Gasteiger partial charge in [-0.25, -0.2) is 4.79 Å². The van der Waals surface area contributed by atoms with E-state index >= 15 is 0 Å². The van der Waals surface area contributed by atoms with Gasteiger partial charge in [-0.05, 0) is 12.5 Å². The van der Waals surface area contributed by atoms with Crippen molar-refractivity contribution in [2.75, 3.05) is 18.8 Å². The summed E-state index contributed by atoms with van der Waals surface area (Å²) in [6, 6.07) is 1.68. The molecule has 0 saturated carbocycles. The van der Waals surface area contributed by atoms with Crippen LogP contribution in [-0.4, -0.2) is 40.7 Å². The molecular formula is C11H13NO3S2. The smallest absolute Gasteiger partial charge is 0.336 e. The van der Waals surface area contributed by atoms with Crippen LogP contribution in [0.5, 0.6) is 0 Å². The third kappa shape index (κ3) is 3.23. The van der Waals surface area contributed by atoms with E-state index in [-0.39, 0.29) is 5.91 Å². The highest BCUT2D eigenvalue weighted by molar-refractivity contribution is 8.01. The average Bonchev–Trinajstić information content (AvgIpc) is 2.89. The molecule has 1 saturated heterocycles. The summed E-state index contributed by atoms with van der Waals surface area (Å²) in [5.74, 6) is 0.177. The summed E-state index contributed by atoms with van der Waals surface area (Å²) in [4.78, 5) is 23.9.